The minimum Gasteiger partial charge on any atom is -0.464 e. The van der Waals surface area contributed by atoms with Crippen LogP contribution in [0.3, 0.4) is 0 Å². The van der Waals surface area contributed by atoms with E-state index in [1.54, 1.807) is 6.26 Å². The molecule has 1 aliphatic rings. The molecule has 22 heavy (non-hydrogen) atoms. The van der Waals surface area contributed by atoms with Gasteiger partial charge in [-0.3, -0.25) is 4.90 Å². The van der Waals surface area contributed by atoms with Gasteiger partial charge in [0, 0.05) is 25.0 Å². The lowest BCUT2D eigenvalue weighted by molar-refractivity contribution is 0.0118. The first-order chi connectivity index (χ1) is 10.4. The Kier molecular flexibility index (Phi) is 3.83. The van der Waals surface area contributed by atoms with Crippen molar-refractivity contribution in [1.29, 1.82) is 0 Å². The van der Waals surface area contributed by atoms with Gasteiger partial charge < -0.3 is 14.5 Å². The molecule has 0 spiro atoms. The monoisotopic (exact) mass is 302 g/mol. The summed E-state index contributed by atoms with van der Waals surface area (Å²) in [6, 6.07) is 7.96. The Bertz CT molecular complexity index is 672. The highest BCUT2D eigenvalue weighted by atomic mass is 16.6. The third kappa shape index (κ3) is 3.09. The van der Waals surface area contributed by atoms with Crippen molar-refractivity contribution in [2.24, 2.45) is 0 Å². The van der Waals surface area contributed by atoms with Crippen LogP contribution in [0.2, 0.25) is 0 Å². The first-order valence-corrected chi connectivity index (χ1v) is 7.61. The summed E-state index contributed by atoms with van der Waals surface area (Å²) >= 11 is 0. The second-order valence-corrected chi connectivity index (χ2v) is 6.61. The lowest BCUT2D eigenvalue weighted by Crippen LogP contribution is -2.50. The maximum atomic E-state index is 12.5. The molecule has 1 saturated heterocycles. The van der Waals surface area contributed by atoms with Crippen molar-refractivity contribution in [3.8, 4) is 0 Å². The second kappa shape index (κ2) is 5.65. The van der Waals surface area contributed by atoms with Gasteiger partial charge in [0.15, 0.2) is 0 Å². The molecule has 5 heteroatoms. The molecule has 0 aliphatic carbocycles. The number of hydrogen-bond donors (Lipinski definition) is 1. The van der Waals surface area contributed by atoms with E-state index in [0.717, 1.165) is 29.6 Å². The van der Waals surface area contributed by atoms with Crippen LogP contribution in [0.4, 0.5) is 4.79 Å². The van der Waals surface area contributed by atoms with E-state index in [2.05, 4.69) is 11.4 Å². The van der Waals surface area contributed by atoms with E-state index < -0.39 is 5.60 Å². The zero-order chi connectivity index (χ0) is 15.7. The number of ether oxygens (including phenoxy) is 1. The molecule has 1 N–H and O–H groups in total. The number of benzene rings is 1. The first kappa shape index (κ1) is 14.9. The largest absolute Gasteiger partial charge is 0.464 e. The molecule has 3 rings (SSSR count). The number of piperazine rings is 1. The summed E-state index contributed by atoms with van der Waals surface area (Å²) < 4.78 is 10.9. The maximum Gasteiger partial charge on any atom is 0.410 e. The highest BCUT2D eigenvalue weighted by molar-refractivity contribution is 5.78. The minimum atomic E-state index is -0.485. The van der Waals surface area contributed by atoms with Gasteiger partial charge in [0.2, 0.25) is 0 Å². The first-order valence-electron chi connectivity index (χ1n) is 7.61. The molecule has 1 atom stereocenters. The summed E-state index contributed by atoms with van der Waals surface area (Å²) in [4.78, 5) is 14.3. The summed E-state index contributed by atoms with van der Waals surface area (Å²) in [6.07, 6.45) is 1.42. The summed E-state index contributed by atoms with van der Waals surface area (Å²) in [5.41, 5.74) is 1.46. The van der Waals surface area contributed by atoms with Crippen molar-refractivity contribution < 1.29 is 13.9 Å². The van der Waals surface area contributed by atoms with E-state index in [0.29, 0.717) is 6.54 Å². The number of nitrogens with one attached hydrogen (secondary N) is 1. The third-order valence-electron chi connectivity index (χ3n) is 3.73. The number of hydrogen-bond acceptors (Lipinski definition) is 4. The molecule has 5 nitrogen and oxygen atoms in total. The van der Waals surface area contributed by atoms with Crippen LogP contribution in [0.25, 0.3) is 11.0 Å². The van der Waals surface area contributed by atoms with Crippen molar-refractivity contribution in [3.05, 3.63) is 36.1 Å². The van der Waals surface area contributed by atoms with Crippen molar-refractivity contribution in [2.75, 3.05) is 19.6 Å². The van der Waals surface area contributed by atoms with Crippen LogP contribution >= 0.6 is 0 Å². The normalized spacial score (nSPS) is 19.4. The number of furan rings is 1. The Morgan fingerprint density at radius 2 is 2.18 bits per heavy atom. The van der Waals surface area contributed by atoms with Crippen LogP contribution in [-0.4, -0.2) is 36.2 Å². The van der Waals surface area contributed by atoms with Gasteiger partial charge in [-0.2, -0.15) is 0 Å². The predicted molar refractivity (Wildman–Crippen MR) is 84.8 cm³/mol. The van der Waals surface area contributed by atoms with Crippen LogP contribution in [0.5, 0.6) is 0 Å². The van der Waals surface area contributed by atoms with Gasteiger partial charge >= 0.3 is 6.09 Å². The minimum absolute atomic E-state index is 0.0251. The molecule has 1 amide bonds. The predicted octanol–water partition coefficient (Wildman–Crippen LogP) is 3.31. The summed E-state index contributed by atoms with van der Waals surface area (Å²) in [7, 11) is 0. The summed E-state index contributed by atoms with van der Waals surface area (Å²) in [5.74, 6) is 0. The summed E-state index contributed by atoms with van der Waals surface area (Å²) in [5, 5.41) is 4.40. The Hall–Kier alpha value is -2.01. The van der Waals surface area contributed by atoms with Crippen LogP contribution in [0.1, 0.15) is 32.4 Å². The molecule has 1 fully saturated rings. The fourth-order valence-electron chi connectivity index (χ4n) is 2.73. The molecule has 1 aromatic heterocycles. The second-order valence-electron chi connectivity index (χ2n) is 6.61. The van der Waals surface area contributed by atoms with Crippen molar-refractivity contribution in [2.45, 2.75) is 32.4 Å². The standard InChI is InChI=1S/C17H22N2O3/c1-17(2,3)22-16(20)19-8-7-18-11-14(19)12-4-5-15-13(10-12)6-9-21-15/h4-6,9-10,14,18H,7-8,11H2,1-3H3. The number of amides is 1. The molecule has 2 heterocycles. The molecule has 1 unspecified atom stereocenters. The van der Waals surface area contributed by atoms with E-state index in [1.165, 1.54) is 0 Å². The average molecular weight is 302 g/mol. The van der Waals surface area contributed by atoms with Gasteiger partial charge in [-0.25, -0.2) is 4.79 Å². The van der Waals surface area contributed by atoms with E-state index in [1.807, 2.05) is 43.9 Å². The van der Waals surface area contributed by atoms with E-state index >= 15 is 0 Å². The Labute approximate surface area is 130 Å². The quantitative estimate of drug-likeness (QED) is 0.878. The maximum absolute atomic E-state index is 12.5. The van der Waals surface area contributed by atoms with Gasteiger partial charge in [-0.15, -0.1) is 0 Å². The molecule has 1 aliphatic heterocycles. The SMILES string of the molecule is CC(C)(C)OC(=O)N1CCNCC1c1ccc2occc2c1. The molecule has 0 bridgehead atoms. The fraction of sp³-hybridized carbons (Fsp3) is 0.471. The number of carbonyl (C=O) groups excluding carboxylic acids is 1. The number of nitrogens with zero attached hydrogens (tertiary/aromatic N) is 1. The van der Waals surface area contributed by atoms with E-state index in [4.69, 9.17) is 9.15 Å². The number of rotatable bonds is 1. The van der Waals surface area contributed by atoms with Crippen LogP contribution in [0.15, 0.2) is 34.9 Å². The number of carbonyl (C=O) groups is 1. The molecule has 1 aromatic carbocycles. The van der Waals surface area contributed by atoms with Gasteiger partial charge in [0.1, 0.15) is 11.2 Å². The molecule has 2 aromatic rings. The molecular weight excluding hydrogens is 280 g/mol. The fourth-order valence-corrected chi connectivity index (χ4v) is 2.73. The lowest BCUT2D eigenvalue weighted by atomic mass is 10.0. The highest BCUT2D eigenvalue weighted by Gasteiger charge is 2.31. The van der Waals surface area contributed by atoms with Gasteiger partial charge in [0.05, 0.1) is 12.3 Å². The molecule has 118 valence electrons. The smallest absolute Gasteiger partial charge is 0.410 e. The number of fused-ring (bicyclic) bond motifs is 1. The van der Waals surface area contributed by atoms with Gasteiger partial charge in [0.25, 0.3) is 0 Å². The van der Waals surface area contributed by atoms with Crippen molar-refractivity contribution in [3.63, 3.8) is 0 Å². The van der Waals surface area contributed by atoms with Crippen molar-refractivity contribution in [1.82, 2.24) is 10.2 Å². The van der Waals surface area contributed by atoms with Gasteiger partial charge in [-0.05, 0) is 44.5 Å². The molecule has 0 saturated carbocycles. The van der Waals surface area contributed by atoms with Crippen LogP contribution in [-0.2, 0) is 4.74 Å². The van der Waals surface area contributed by atoms with Gasteiger partial charge in [-0.1, -0.05) is 6.07 Å². The lowest BCUT2D eigenvalue weighted by Gasteiger charge is -2.37. The Balaban J connectivity index is 1.86. The average Bonchev–Trinajstić information content (AvgIpc) is 2.92. The molecule has 0 radical (unpaired) electrons. The van der Waals surface area contributed by atoms with E-state index in [-0.39, 0.29) is 12.1 Å². The zero-order valence-corrected chi connectivity index (χ0v) is 13.3. The Morgan fingerprint density at radius 3 is 2.95 bits per heavy atom. The van der Waals surface area contributed by atoms with Crippen LogP contribution in [0, 0.1) is 0 Å². The van der Waals surface area contributed by atoms with Crippen molar-refractivity contribution >= 4 is 17.1 Å². The third-order valence-corrected chi connectivity index (χ3v) is 3.73. The summed E-state index contributed by atoms with van der Waals surface area (Å²) in [6.45, 7) is 7.81. The van der Waals surface area contributed by atoms with Crippen LogP contribution < -0.4 is 5.32 Å². The highest BCUT2D eigenvalue weighted by Crippen LogP contribution is 2.27. The topological polar surface area (TPSA) is 54.7 Å². The zero-order valence-electron chi connectivity index (χ0n) is 13.3. The molecular formula is C17H22N2O3. The van der Waals surface area contributed by atoms with E-state index in [9.17, 15) is 4.79 Å². The Morgan fingerprint density at radius 1 is 1.36 bits per heavy atom.